The van der Waals surface area contributed by atoms with E-state index >= 15 is 0 Å². The van der Waals surface area contributed by atoms with E-state index < -0.39 is 0 Å². The summed E-state index contributed by atoms with van der Waals surface area (Å²) in [5, 5.41) is 3.23. The van der Waals surface area contributed by atoms with Crippen LogP contribution in [0.25, 0.3) is 0 Å². The highest BCUT2D eigenvalue weighted by Crippen LogP contribution is 2.36. The van der Waals surface area contributed by atoms with Crippen LogP contribution in [0.2, 0.25) is 0 Å². The number of hydrogen-bond donors (Lipinski definition) is 1. The summed E-state index contributed by atoms with van der Waals surface area (Å²) in [4.78, 5) is 12.0. The molecule has 98 valence electrons. The van der Waals surface area contributed by atoms with Crippen molar-refractivity contribution in [3.05, 3.63) is 35.4 Å². The van der Waals surface area contributed by atoms with Crippen LogP contribution in [0.5, 0.6) is 0 Å². The standard InChI is InChI=1S/C16H23NO/c1-16(2,3)17-11-15(18)14-9-7-13(8-10-14)12-5-4-6-12/h7-10,12,17H,4-6,11H2,1-3H3. The van der Waals surface area contributed by atoms with E-state index in [-0.39, 0.29) is 11.3 Å². The number of nitrogens with one attached hydrogen (secondary N) is 1. The number of carbonyl (C=O) groups excluding carboxylic acids is 1. The maximum absolute atomic E-state index is 12.0. The first-order chi connectivity index (χ1) is 8.46. The zero-order chi connectivity index (χ0) is 13.2. The molecule has 1 N–H and O–H groups in total. The fourth-order valence-corrected chi connectivity index (χ4v) is 2.13. The predicted octanol–water partition coefficient (Wildman–Crippen LogP) is 3.52. The van der Waals surface area contributed by atoms with Gasteiger partial charge in [0, 0.05) is 11.1 Å². The minimum absolute atomic E-state index is 0.0124. The zero-order valence-electron chi connectivity index (χ0n) is 11.6. The lowest BCUT2D eigenvalue weighted by Gasteiger charge is -2.25. The summed E-state index contributed by atoms with van der Waals surface area (Å²) in [5.74, 6) is 0.909. The Morgan fingerprint density at radius 3 is 2.28 bits per heavy atom. The van der Waals surface area contributed by atoms with Crippen LogP contribution in [-0.2, 0) is 0 Å². The molecule has 1 aliphatic rings. The van der Waals surface area contributed by atoms with Gasteiger partial charge in [-0.1, -0.05) is 30.7 Å². The lowest BCUT2D eigenvalue weighted by molar-refractivity contribution is 0.0982. The molecule has 2 heteroatoms. The second-order valence-electron chi connectivity index (χ2n) is 6.28. The molecule has 2 rings (SSSR count). The van der Waals surface area contributed by atoms with Gasteiger partial charge in [0.1, 0.15) is 0 Å². The quantitative estimate of drug-likeness (QED) is 0.822. The Bertz CT molecular complexity index is 410. The van der Waals surface area contributed by atoms with Crippen LogP contribution in [0.1, 0.15) is 61.9 Å². The van der Waals surface area contributed by atoms with Gasteiger partial charge in [0.05, 0.1) is 6.54 Å². The van der Waals surface area contributed by atoms with Crippen molar-refractivity contribution < 1.29 is 4.79 Å². The third-order valence-corrected chi connectivity index (χ3v) is 3.59. The fraction of sp³-hybridized carbons (Fsp3) is 0.562. The Morgan fingerprint density at radius 2 is 1.83 bits per heavy atom. The van der Waals surface area contributed by atoms with Crippen LogP contribution in [0.15, 0.2) is 24.3 Å². The second kappa shape index (κ2) is 5.23. The van der Waals surface area contributed by atoms with Crippen molar-refractivity contribution in [1.29, 1.82) is 0 Å². The maximum Gasteiger partial charge on any atom is 0.176 e. The minimum atomic E-state index is -0.0124. The first-order valence-corrected chi connectivity index (χ1v) is 6.84. The first kappa shape index (κ1) is 13.3. The fourth-order valence-electron chi connectivity index (χ4n) is 2.13. The second-order valence-corrected chi connectivity index (χ2v) is 6.28. The SMILES string of the molecule is CC(C)(C)NCC(=O)c1ccc(C2CCC2)cc1. The van der Waals surface area contributed by atoms with Gasteiger partial charge in [-0.2, -0.15) is 0 Å². The highest BCUT2D eigenvalue weighted by Gasteiger charge is 2.19. The van der Waals surface area contributed by atoms with Gasteiger partial charge in [-0.25, -0.2) is 0 Å². The highest BCUT2D eigenvalue weighted by molar-refractivity contribution is 5.97. The molecule has 18 heavy (non-hydrogen) atoms. The molecule has 0 aromatic heterocycles. The molecule has 0 saturated heterocycles. The van der Waals surface area contributed by atoms with Gasteiger partial charge in [-0.15, -0.1) is 0 Å². The van der Waals surface area contributed by atoms with E-state index in [0.29, 0.717) is 6.54 Å². The van der Waals surface area contributed by atoms with Crippen molar-refractivity contribution in [3.8, 4) is 0 Å². The highest BCUT2D eigenvalue weighted by atomic mass is 16.1. The van der Waals surface area contributed by atoms with Crippen molar-refractivity contribution >= 4 is 5.78 Å². The van der Waals surface area contributed by atoms with E-state index in [4.69, 9.17) is 0 Å². The van der Waals surface area contributed by atoms with Crippen LogP contribution in [0, 0.1) is 0 Å². The van der Waals surface area contributed by atoms with Crippen LogP contribution in [0.4, 0.5) is 0 Å². The Hall–Kier alpha value is -1.15. The average Bonchev–Trinajstić information content (AvgIpc) is 2.23. The molecule has 2 nitrogen and oxygen atoms in total. The van der Waals surface area contributed by atoms with E-state index in [1.165, 1.54) is 24.8 Å². The lowest BCUT2D eigenvalue weighted by Crippen LogP contribution is -2.39. The zero-order valence-corrected chi connectivity index (χ0v) is 11.6. The molecule has 0 heterocycles. The van der Waals surface area contributed by atoms with Crippen molar-refractivity contribution in [3.63, 3.8) is 0 Å². The molecule has 1 fully saturated rings. The summed E-state index contributed by atoms with van der Waals surface area (Å²) in [6, 6.07) is 8.18. The molecular weight excluding hydrogens is 222 g/mol. The Balaban J connectivity index is 1.94. The topological polar surface area (TPSA) is 29.1 Å². The molecule has 0 unspecified atom stereocenters. The summed E-state index contributed by atoms with van der Waals surface area (Å²) in [5.41, 5.74) is 2.19. The predicted molar refractivity (Wildman–Crippen MR) is 75.1 cm³/mol. The third-order valence-electron chi connectivity index (χ3n) is 3.59. The Kier molecular flexibility index (Phi) is 3.86. The smallest absolute Gasteiger partial charge is 0.176 e. The number of rotatable bonds is 4. The minimum Gasteiger partial charge on any atom is -0.305 e. The Morgan fingerprint density at radius 1 is 1.22 bits per heavy atom. The van der Waals surface area contributed by atoms with Crippen molar-refractivity contribution in [2.45, 2.75) is 51.5 Å². The largest absolute Gasteiger partial charge is 0.305 e. The van der Waals surface area contributed by atoms with Gasteiger partial charge >= 0.3 is 0 Å². The molecule has 0 aliphatic heterocycles. The summed E-state index contributed by atoms with van der Waals surface area (Å²) >= 11 is 0. The van der Waals surface area contributed by atoms with Crippen molar-refractivity contribution in [2.24, 2.45) is 0 Å². The normalized spacial score (nSPS) is 16.4. The van der Waals surface area contributed by atoms with Crippen LogP contribution in [0.3, 0.4) is 0 Å². The average molecular weight is 245 g/mol. The molecule has 1 saturated carbocycles. The van der Waals surface area contributed by atoms with Gasteiger partial charge in [-0.3, -0.25) is 4.79 Å². The summed E-state index contributed by atoms with van der Waals surface area (Å²) in [6.45, 7) is 6.62. The number of Topliss-reactive ketones (excluding diaryl/α,β-unsaturated/α-hetero) is 1. The van der Waals surface area contributed by atoms with Crippen molar-refractivity contribution in [2.75, 3.05) is 6.54 Å². The Labute approximate surface area is 110 Å². The van der Waals surface area contributed by atoms with Gasteiger partial charge in [-0.05, 0) is 45.1 Å². The molecule has 0 atom stereocenters. The van der Waals surface area contributed by atoms with E-state index in [0.717, 1.165) is 11.5 Å². The molecule has 0 spiro atoms. The van der Waals surface area contributed by atoms with E-state index in [2.05, 4.69) is 38.2 Å². The first-order valence-electron chi connectivity index (χ1n) is 6.84. The molecule has 1 aromatic carbocycles. The van der Waals surface area contributed by atoms with Gasteiger partial charge in [0.25, 0.3) is 0 Å². The van der Waals surface area contributed by atoms with Crippen LogP contribution >= 0.6 is 0 Å². The van der Waals surface area contributed by atoms with Crippen molar-refractivity contribution in [1.82, 2.24) is 5.32 Å². The molecule has 0 radical (unpaired) electrons. The lowest BCUT2D eigenvalue weighted by atomic mass is 9.80. The maximum atomic E-state index is 12.0. The number of ketones is 1. The molecular formula is C16H23NO. The third kappa shape index (κ3) is 3.42. The van der Waals surface area contributed by atoms with Crippen LogP contribution in [-0.4, -0.2) is 17.9 Å². The number of hydrogen-bond acceptors (Lipinski definition) is 2. The van der Waals surface area contributed by atoms with Crippen LogP contribution < -0.4 is 5.32 Å². The molecule has 1 aliphatic carbocycles. The summed E-state index contributed by atoms with van der Waals surface area (Å²) in [7, 11) is 0. The van der Waals surface area contributed by atoms with E-state index in [1.54, 1.807) is 0 Å². The van der Waals surface area contributed by atoms with Gasteiger partial charge in [0.2, 0.25) is 0 Å². The number of carbonyl (C=O) groups is 1. The monoisotopic (exact) mass is 245 g/mol. The molecule has 1 aromatic rings. The number of benzene rings is 1. The van der Waals surface area contributed by atoms with E-state index in [9.17, 15) is 4.79 Å². The van der Waals surface area contributed by atoms with Gasteiger partial charge < -0.3 is 5.32 Å². The summed E-state index contributed by atoms with van der Waals surface area (Å²) < 4.78 is 0. The summed E-state index contributed by atoms with van der Waals surface area (Å²) in [6.07, 6.45) is 3.96. The van der Waals surface area contributed by atoms with Gasteiger partial charge in [0.15, 0.2) is 5.78 Å². The van der Waals surface area contributed by atoms with E-state index in [1.807, 2.05) is 12.1 Å². The molecule has 0 amide bonds. The molecule has 0 bridgehead atoms.